The Morgan fingerprint density at radius 3 is 2.17 bits per heavy atom. The number of hydrazine groups is 1. The van der Waals surface area contributed by atoms with Crippen molar-refractivity contribution < 1.29 is 40.7 Å². The van der Waals surface area contributed by atoms with Crippen LogP contribution in [0.4, 0.5) is 18.3 Å². The summed E-state index contributed by atoms with van der Waals surface area (Å²) in [4.78, 5) is 28.2. The molecule has 1 saturated heterocycles. The Morgan fingerprint density at radius 2 is 1.62 bits per heavy atom. The van der Waals surface area contributed by atoms with E-state index >= 15 is 0 Å². The van der Waals surface area contributed by atoms with Crippen molar-refractivity contribution in [2.75, 3.05) is 51.8 Å². The number of aryl methyl sites for hydroxylation is 1. The average molecular weight is 715 g/mol. The van der Waals surface area contributed by atoms with Gasteiger partial charge in [-0.2, -0.15) is 4.31 Å². The van der Waals surface area contributed by atoms with Crippen molar-refractivity contribution in [2.45, 2.75) is 50.5 Å². The highest BCUT2D eigenvalue weighted by Crippen LogP contribution is 2.29. The van der Waals surface area contributed by atoms with E-state index < -0.39 is 22.1 Å². The smallest absolute Gasteiger partial charge is 0.406 e. The Morgan fingerprint density at radius 1 is 1.00 bits per heavy atom. The molecule has 2 N–H and O–H groups in total. The van der Waals surface area contributed by atoms with Crippen molar-refractivity contribution in [2.24, 2.45) is 0 Å². The highest BCUT2D eigenvalue weighted by atomic mass is 32.2. The van der Waals surface area contributed by atoms with Crippen molar-refractivity contribution >= 4 is 39.3 Å². The molecule has 0 bridgehead atoms. The summed E-state index contributed by atoms with van der Waals surface area (Å²) in [5, 5.41) is 5.01. The van der Waals surface area contributed by atoms with Crippen molar-refractivity contribution in [1.82, 2.24) is 25.0 Å². The van der Waals surface area contributed by atoms with Crippen LogP contribution in [0, 0.1) is 6.92 Å². The summed E-state index contributed by atoms with van der Waals surface area (Å²) in [7, 11) is -0.415. The molecule has 1 aliphatic heterocycles. The molecule has 48 heavy (non-hydrogen) atoms. The minimum absolute atomic E-state index is 0.0192. The van der Waals surface area contributed by atoms with Gasteiger partial charge < -0.3 is 19.7 Å². The largest absolute Gasteiger partial charge is 0.573 e. The van der Waals surface area contributed by atoms with Crippen LogP contribution in [0.25, 0.3) is 0 Å². The summed E-state index contributed by atoms with van der Waals surface area (Å²) in [5.74, 6) is -0.481. The molecule has 0 atom stereocenters. The van der Waals surface area contributed by atoms with Crippen LogP contribution < -0.4 is 20.4 Å². The zero-order valence-corrected chi connectivity index (χ0v) is 29.0. The number of carbonyl (C=O) groups excluding carboxylic acids is 2. The minimum Gasteiger partial charge on any atom is -0.406 e. The van der Waals surface area contributed by atoms with Crippen molar-refractivity contribution in [3.8, 4) is 5.75 Å². The maximum atomic E-state index is 12.9. The molecule has 2 amide bonds. The van der Waals surface area contributed by atoms with Gasteiger partial charge in [0.25, 0.3) is 0 Å². The van der Waals surface area contributed by atoms with Crippen LogP contribution in [0.1, 0.15) is 35.5 Å². The number of hydrogen-bond acceptors (Lipinski definition) is 10. The fourth-order valence-corrected chi connectivity index (χ4v) is 7.21. The molecule has 4 rings (SSSR count). The number of alkyl halides is 3. The second kappa shape index (κ2) is 17.1. The van der Waals surface area contributed by atoms with Gasteiger partial charge in [0.15, 0.2) is 5.13 Å². The summed E-state index contributed by atoms with van der Waals surface area (Å²) in [6.07, 6.45) is -3.55. The highest BCUT2D eigenvalue weighted by molar-refractivity contribution is 7.89. The molecule has 1 aromatic heterocycles. The summed E-state index contributed by atoms with van der Waals surface area (Å²) in [5.41, 5.74) is 5.71. The van der Waals surface area contributed by atoms with Crippen LogP contribution in [0.2, 0.25) is 0 Å². The van der Waals surface area contributed by atoms with E-state index in [4.69, 9.17) is 4.74 Å². The molecule has 0 radical (unpaired) electrons. The quantitative estimate of drug-likeness (QED) is 0.189. The molecular formula is C31H41F3N6O6S2. The number of anilines is 1. The Bertz CT molecular complexity index is 1580. The molecule has 2 aromatic carbocycles. The third-order valence-electron chi connectivity index (χ3n) is 7.38. The third-order valence-corrected chi connectivity index (χ3v) is 10.4. The minimum atomic E-state index is -4.84. The number of halogens is 3. The number of aromatic nitrogens is 1. The number of carbonyl (C=O) groups is 2. The molecule has 3 aromatic rings. The normalized spacial score (nSPS) is 14.2. The molecule has 0 aliphatic carbocycles. The average Bonchev–Trinajstić information content (AvgIpc) is 3.39. The van der Waals surface area contributed by atoms with E-state index in [9.17, 15) is 31.2 Å². The summed E-state index contributed by atoms with van der Waals surface area (Å²) < 4.78 is 72.9. The molecule has 17 heteroatoms. The molecule has 1 aliphatic rings. The van der Waals surface area contributed by atoms with E-state index in [2.05, 4.69) is 46.4 Å². The summed E-state index contributed by atoms with van der Waals surface area (Å²) in [6.45, 7) is 9.19. The van der Waals surface area contributed by atoms with Gasteiger partial charge >= 0.3 is 6.36 Å². The lowest BCUT2D eigenvalue weighted by atomic mass is 9.85. The lowest BCUT2D eigenvalue weighted by Gasteiger charge is -2.33. The Balaban J connectivity index is 0.000000328. The van der Waals surface area contributed by atoms with E-state index in [0.717, 1.165) is 45.5 Å². The third kappa shape index (κ3) is 11.2. The lowest BCUT2D eigenvalue weighted by Crippen LogP contribution is -2.48. The van der Waals surface area contributed by atoms with Crippen molar-refractivity contribution in [3.63, 3.8) is 0 Å². The van der Waals surface area contributed by atoms with Gasteiger partial charge in [0.2, 0.25) is 22.8 Å². The standard InChI is InChI=1S/C18H22F3N5O4S2.C13H19NO2/c1-13-16(11-24(2)22-12-27)23-17(31-13)25-7-9-26(10-8-25)32(28,29)15-5-3-14(4-6-15)30-18(19,20)21;1-13(2,9-16-3)12-6-4-11(5-7-12)8-14-10-15/h3-6,12H,7-11H2,1-2H3,(H,22,27);4-7,10H,8-9H2,1-3H3,(H,14,15). The van der Waals surface area contributed by atoms with E-state index in [1.165, 1.54) is 21.2 Å². The SMILES string of the molecule is COCC(C)(C)c1ccc(CNC=O)cc1.Cc1sc(N2CCN(S(=O)(=O)c3ccc(OC(F)(F)F)cc3)CC2)nc1CN(C)NC=O. The molecule has 0 saturated carbocycles. The first kappa shape index (κ1) is 38.7. The number of nitrogens with one attached hydrogen (secondary N) is 2. The number of nitrogens with zero attached hydrogens (tertiary/aromatic N) is 4. The predicted octanol–water partition coefficient (Wildman–Crippen LogP) is 3.81. The van der Waals surface area contributed by atoms with Gasteiger partial charge in [-0.3, -0.25) is 15.0 Å². The summed E-state index contributed by atoms with van der Waals surface area (Å²) >= 11 is 1.49. The fourth-order valence-electron chi connectivity index (χ4n) is 4.81. The van der Waals surface area contributed by atoms with Crippen LogP contribution in [0.3, 0.4) is 0 Å². The number of amides is 2. The first-order chi connectivity index (χ1) is 22.6. The lowest BCUT2D eigenvalue weighted by molar-refractivity contribution is -0.274. The molecule has 1 fully saturated rings. The van der Waals surface area contributed by atoms with Gasteiger partial charge in [-0.15, -0.1) is 24.5 Å². The number of piperazine rings is 1. The number of rotatable bonds is 14. The number of ether oxygens (including phenoxy) is 2. The van der Waals surface area contributed by atoms with Crippen LogP contribution in [0.5, 0.6) is 5.75 Å². The molecule has 264 valence electrons. The topological polar surface area (TPSA) is 133 Å². The van der Waals surface area contributed by atoms with E-state index in [1.807, 2.05) is 24.0 Å². The van der Waals surface area contributed by atoms with Gasteiger partial charge in [0.1, 0.15) is 5.75 Å². The van der Waals surface area contributed by atoms with E-state index in [-0.39, 0.29) is 23.4 Å². The number of thiazole rings is 1. The van der Waals surface area contributed by atoms with Crippen LogP contribution in [-0.4, -0.2) is 88.8 Å². The molecule has 0 unspecified atom stereocenters. The number of benzene rings is 2. The van der Waals surface area contributed by atoms with Gasteiger partial charge in [0, 0.05) is 57.2 Å². The maximum Gasteiger partial charge on any atom is 0.573 e. The van der Waals surface area contributed by atoms with E-state index in [0.29, 0.717) is 45.6 Å². The van der Waals surface area contributed by atoms with Gasteiger partial charge in [0.05, 0.1) is 23.7 Å². The zero-order chi connectivity index (χ0) is 35.5. The first-order valence-electron chi connectivity index (χ1n) is 14.8. The maximum absolute atomic E-state index is 12.9. The Hall–Kier alpha value is -3.77. The number of methoxy groups -OCH3 is 1. The first-order valence-corrected chi connectivity index (χ1v) is 17.1. The highest BCUT2D eigenvalue weighted by Gasteiger charge is 2.32. The zero-order valence-electron chi connectivity index (χ0n) is 27.4. The van der Waals surface area contributed by atoms with Crippen LogP contribution in [0.15, 0.2) is 53.4 Å². The molecule has 2 heterocycles. The van der Waals surface area contributed by atoms with Crippen LogP contribution >= 0.6 is 11.3 Å². The Labute approximate surface area is 282 Å². The van der Waals surface area contributed by atoms with Gasteiger partial charge in [-0.05, 0) is 42.3 Å². The van der Waals surface area contributed by atoms with Gasteiger partial charge in [-0.1, -0.05) is 38.1 Å². The fraction of sp³-hybridized carbons (Fsp3) is 0.452. The summed E-state index contributed by atoms with van der Waals surface area (Å²) in [6, 6.07) is 12.4. The molecule has 12 nitrogen and oxygen atoms in total. The predicted molar refractivity (Wildman–Crippen MR) is 176 cm³/mol. The number of hydrogen-bond donors (Lipinski definition) is 2. The van der Waals surface area contributed by atoms with Gasteiger partial charge in [-0.25, -0.2) is 18.4 Å². The molecular weight excluding hydrogens is 674 g/mol. The van der Waals surface area contributed by atoms with E-state index in [1.54, 1.807) is 19.2 Å². The second-order valence-electron chi connectivity index (χ2n) is 11.5. The van der Waals surface area contributed by atoms with Crippen LogP contribution in [-0.2, 0) is 42.9 Å². The van der Waals surface area contributed by atoms with Crippen molar-refractivity contribution in [1.29, 1.82) is 0 Å². The molecule has 0 spiro atoms. The Kier molecular flexibility index (Phi) is 13.7. The second-order valence-corrected chi connectivity index (χ2v) is 14.6. The number of sulfonamides is 1. The monoisotopic (exact) mass is 714 g/mol. The van der Waals surface area contributed by atoms with Crippen molar-refractivity contribution in [3.05, 3.63) is 70.2 Å².